The predicted molar refractivity (Wildman–Crippen MR) is 245 cm³/mol. The van der Waals surface area contributed by atoms with E-state index in [2.05, 4.69) is 15.4 Å². The number of allylic oxidation sites excluding steroid dienone is 2. The first kappa shape index (κ1) is 45.8. The molecule has 67 heavy (non-hydrogen) atoms. The van der Waals surface area contributed by atoms with Crippen LogP contribution < -0.4 is 36.6 Å². The Kier molecular flexibility index (Phi) is 11.5. The molecule has 4 unspecified atom stereocenters. The summed E-state index contributed by atoms with van der Waals surface area (Å²) in [6, 6.07) is 12.2. The fourth-order valence-electron chi connectivity index (χ4n) is 9.66. The van der Waals surface area contributed by atoms with E-state index >= 15 is 9.59 Å². The Balaban J connectivity index is 1.19. The van der Waals surface area contributed by atoms with Gasteiger partial charge >= 0.3 is 17.6 Å². The van der Waals surface area contributed by atoms with E-state index in [0.29, 0.717) is 65.1 Å². The van der Waals surface area contributed by atoms with E-state index in [4.69, 9.17) is 37.4 Å². The number of pyridine rings is 1. The molecular formula is C44H36Cl2F3IN8O9. The van der Waals surface area contributed by atoms with Crippen LogP contribution in [0.1, 0.15) is 40.8 Å². The Morgan fingerprint density at radius 1 is 0.940 bits per heavy atom. The van der Waals surface area contributed by atoms with Crippen molar-refractivity contribution in [3.63, 3.8) is 0 Å². The van der Waals surface area contributed by atoms with Gasteiger partial charge in [-0.15, -0.1) is 0 Å². The van der Waals surface area contributed by atoms with E-state index in [1.165, 1.54) is 53.5 Å². The van der Waals surface area contributed by atoms with Gasteiger partial charge < -0.3 is 23.9 Å². The van der Waals surface area contributed by atoms with Crippen LogP contribution in [0.3, 0.4) is 0 Å². The van der Waals surface area contributed by atoms with E-state index in [1.54, 1.807) is 43.5 Å². The maximum atomic E-state index is 15.5. The lowest BCUT2D eigenvalue weighted by Gasteiger charge is -2.49. The van der Waals surface area contributed by atoms with Gasteiger partial charge in [-0.3, -0.25) is 19.8 Å². The van der Waals surface area contributed by atoms with Crippen molar-refractivity contribution in [3.8, 4) is 23.0 Å². The van der Waals surface area contributed by atoms with Crippen molar-refractivity contribution in [2.24, 2.45) is 13.0 Å². The number of hydrogen-bond acceptors (Lipinski definition) is 12. The number of imide groups is 1. The Hall–Kier alpha value is -6.33. The van der Waals surface area contributed by atoms with Gasteiger partial charge in [-0.2, -0.15) is 18.2 Å². The molecule has 1 aliphatic carbocycles. The number of aromatic hydroxyl groups is 1. The fraction of sp³-hybridized carbons (Fsp3) is 0.295. The number of carbonyl (C=O) groups excluding carboxylic acids is 2. The Morgan fingerprint density at radius 2 is 1.63 bits per heavy atom. The Bertz CT molecular complexity index is 3300. The summed E-state index contributed by atoms with van der Waals surface area (Å²) in [5.74, 6) is -4.01. The van der Waals surface area contributed by atoms with Gasteiger partial charge in [0.25, 0.3) is 17.4 Å². The Labute approximate surface area is 400 Å². The Morgan fingerprint density at radius 3 is 2.28 bits per heavy atom. The molecule has 3 aromatic carbocycles. The minimum Gasteiger partial charge on any atom is -0.504 e. The van der Waals surface area contributed by atoms with Crippen LogP contribution in [0.5, 0.6) is 23.0 Å². The summed E-state index contributed by atoms with van der Waals surface area (Å²) >= 11 is 14.6. The summed E-state index contributed by atoms with van der Waals surface area (Å²) in [7, 11) is 5.81. The molecule has 2 amide bonds. The van der Waals surface area contributed by atoms with Gasteiger partial charge in [0.15, 0.2) is 28.8 Å². The molecule has 4 atom stereocenters. The molecule has 1 saturated heterocycles. The summed E-state index contributed by atoms with van der Waals surface area (Å²) in [4.78, 5) is 81.6. The zero-order chi connectivity index (χ0) is 48.0. The van der Waals surface area contributed by atoms with Crippen LogP contribution >= 0.6 is 45.8 Å². The number of aromatic nitrogens is 6. The molecule has 23 heteroatoms. The topological polar surface area (TPSA) is 194 Å². The van der Waals surface area contributed by atoms with Crippen molar-refractivity contribution < 1.29 is 42.1 Å². The molecule has 6 aromatic rings. The van der Waals surface area contributed by atoms with Crippen molar-refractivity contribution in [2.75, 3.05) is 26.8 Å². The second-order valence-corrected chi connectivity index (χ2v) is 18.0. The lowest BCUT2D eigenvalue weighted by molar-refractivity contribution is -0.139. The van der Waals surface area contributed by atoms with Crippen LogP contribution in [0, 0.1) is 9.49 Å². The summed E-state index contributed by atoms with van der Waals surface area (Å²) < 4.78 is 62.4. The molecule has 0 bridgehead atoms. The molecule has 3 aliphatic rings. The third-order valence-corrected chi connectivity index (χ3v) is 14.1. The number of hydrogen-bond donors (Lipinski definition) is 2. The van der Waals surface area contributed by atoms with Crippen LogP contribution in [0.2, 0.25) is 10.0 Å². The monoisotopic (exact) mass is 1070 g/mol. The highest BCUT2D eigenvalue weighted by Crippen LogP contribution is 2.62. The minimum absolute atomic E-state index is 0.0296. The molecule has 2 fully saturated rings. The van der Waals surface area contributed by atoms with E-state index in [0.717, 1.165) is 4.57 Å². The molecule has 0 spiro atoms. The number of phenolic OH excluding ortho intramolecular Hbond substituents is 1. The highest BCUT2D eigenvalue weighted by molar-refractivity contribution is 14.1. The number of ether oxygens (including phenoxy) is 3. The lowest BCUT2D eigenvalue weighted by Crippen LogP contribution is -2.53. The van der Waals surface area contributed by atoms with Gasteiger partial charge in [-0.1, -0.05) is 41.4 Å². The van der Waals surface area contributed by atoms with Gasteiger partial charge in [0.1, 0.15) is 5.69 Å². The highest BCUT2D eigenvalue weighted by atomic mass is 127. The number of nitrogens with zero attached hydrogens (tertiary/aromatic N) is 7. The molecule has 2 N–H and O–H groups in total. The average molecular weight is 1080 g/mol. The first-order chi connectivity index (χ1) is 31.8. The molecule has 17 nitrogen and oxygen atoms in total. The van der Waals surface area contributed by atoms with Crippen LogP contribution in [-0.2, 0) is 47.7 Å². The number of hydrazine groups is 1. The minimum atomic E-state index is -4.80. The molecule has 1 saturated carbocycles. The van der Waals surface area contributed by atoms with E-state index < -0.39 is 74.6 Å². The van der Waals surface area contributed by atoms with Gasteiger partial charge in [-0.05, 0) is 76.0 Å². The molecule has 9 rings (SSSR count). The average Bonchev–Trinajstić information content (AvgIpc) is 3.67. The number of benzene rings is 3. The molecule has 5 heterocycles. The fourth-order valence-corrected chi connectivity index (χ4v) is 10.6. The maximum absolute atomic E-state index is 15.5. The number of nitrogens with one attached hydrogen (secondary N) is 1. The van der Waals surface area contributed by atoms with E-state index in [9.17, 15) is 32.7 Å². The normalized spacial score (nSPS) is 20.1. The van der Waals surface area contributed by atoms with Crippen molar-refractivity contribution in [3.05, 3.63) is 140 Å². The largest absolute Gasteiger partial charge is 0.504 e. The number of aryl methyl sites for hydroxylation is 2. The third kappa shape index (κ3) is 7.14. The first-order valence-corrected chi connectivity index (χ1v) is 22.1. The summed E-state index contributed by atoms with van der Waals surface area (Å²) in [6.45, 7) is -0.428. The zero-order valence-electron chi connectivity index (χ0n) is 35.5. The quantitative estimate of drug-likeness (QED) is 0.0929. The van der Waals surface area contributed by atoms with Gasteiger partial charge in [-0.25, -0.2) is 33.5 Å². The van der Waals surface area contributed by atoms with Crippen LogP contribution in [0.15, 0.2) is 86.8 Å². The molecule has 348 valence electrons. The molecule has 2 aliphatic heterocycles. The third-order valence-electron chi connectivity index (χ3n) is 12.7. The van der Waals surface area contributed by atoms with Crippen LogP contribution in [0.25, 0.3) is 11.0 Å². The summed E-state index contributed by atoms with van der Waals surface area (Å²) in [5.41, 5.74) is -0.332. The maximum Gasteiger partial charge on any atom is 0.417 e. The number of alkyl halides is 3. The predicted octanol–water partition coefficient (Wildman–Crippen LogP) is 5.98. The van der Waals surface area contributed by atoms with Crippen LogP contribution in [-0.4, -0.2) is 71.7 Å². The van der Waals surface area contributed by atoms with Crippen molar-refractivity contribution >= 4 is 74.5 Å². The first-order valence-electron chi connectivity index (χ1n) is 20.3. The number of halogens is 6. The number of anilines is 1. The number of carbonyl (C=O) groups is 2. The van der Waals surface area contributed by atoms with Gasteiger partial charge in [0.2, 0.25) is 0 Å². The zero-order valence-corrected chi connectivity index (χ0v) is 39.2. The van der Waals surface area contributed by atoms with Gasteiger partial charge in [0, 0.05) is 49.3 Å². The van der Waals surface area contributed by atoms with Crippen molar-refractivity contribution in [1.29, 1.82) is 0 Å². The van der Waals surface area contributed by atoms with Crippen molar-refractivity contribution in [1.82, 2.24) is 33.5 Å². The number of rotatable bonds is 10. The lowest BCUT2D eigenvalue weighted by atomic mass is 9.53. The molecule has 3 aromatic heterocycles. The molecular weight excluding hydrogens is 1040 g/mol. The number of phenols is 1. The van der Waals surface area contributed by atoms with E-state index in [-0.39, 0.29) is 43.1 Å². The van der Waals surface area contributed by atoms with E-state index in [1.807, 2.05) is 22.6 Å². The number of methoxy groups -OCH3 is 3. The van der Waals surface area contributed by atoms with Gasteiger partial charge in [0.05, 0.1) is 70.4 Å². The highest BCUT2D eigenvalue weighted by Gasteiger charge is 2.69. The van der Waals surface area contributed by atoms with Crippen molar-refractivity contribution in [2.45, 2.75) is 49.5 Å². The second-order valence-electron chi connectivity index (χ2n) is 16.0. The van der Waals surface area contributed by atoms with Crippen LogP contribution in [0.4, 0.5) is 19.0 Å². The number of fused-ring (bicyclic) bond motifs is 5. The smallest absolute Gasteiger partial charge is 0.417 e. The molecule has 0 radical (unpaired) electrons. The second kappa shape index (κ2) is 16.8. The number of amides is 2. The SMILES string of the molecule is COc1cc2nc(CCn3c(=O)n4n(c3=O)C3CC5C(=O)N(Nc6ncc(C(F)(F)F)cc6Cl)C(=O)C5(c5ccc(Cl)cc5)C(c5cc(I)c(O)c(OC)c5)C3=CC4)c(=O)n(C)c2cc1OC. The standard InChI is InChI=1S/C44H36Cl2F3IN8O9/c1-54-31-18-33(66-3)32(65-2)17-29(31)52-28(39(54)61)10-11-55-41(63)56-12-9-24-30(58(56)42(55)64)16-25-38(60)57(53-37-26(46)15-22(19-51-37)44(47,48)49)40(62)43(25,21-5-7-23(45)8-6-21)35(24)20-13-27(50)36(59)34(14-20)67-4/h5-9,13-15,17-19,25,30,35,59H,10-12,16H2,1-4H3,(H,51,53). The summed E-state index contributed by atoms with van der Waals surface area (Å²) in [5, 5.41) is 11.4. The summed E-state index contributed by atoms with van der Waals surface area (Å²) in [6.07, 6.45) is -2.95.